The summed E-state index contributed by atoms with van der Waals surface area (Å²) in [5.74, 6) is 0. The molecule has 2 rings (SSSR count). The summed E-state index contributed by atoms with van der Waals surface area (Å²) >= 11 is 0. The van der Waals surface area contributed by atoms with E-state index in [1.165, 1.54) is 6.07 Å². The maximum atomic E-state index is 11.2. The number of sulfonamides is 1. The summed E-state index contributed by atoms with van der Waals surface area (Å²) < 4.78 is 22.5. The number of nitrogens with two attached hydrogens (primary N) is 1. The fourth-order valence-corrected chi connectivity index (χ4v) is 2.40. The summed E-state index contributed by atoms with van der Waals surface area (Å²) in [4.78, 5) is 4.30. The van der Waals surface area contributed by atoms with Crippen molar-refractivity contribution in [2.24, 2.45) is 10.1 Å². The summed E-state index contributed by atoms with van der Waals surface area (Å²) in [5.41, 5.74) is 1.73. The Morgan fingerprint density at radius 3 is 2.86 bits per heavy atom. The van der Waals surface area contributed by atoms with Gasteiger partial charge >= 0.3 is 0 Å². The highest BCUT2D eigenvalue weighted by molar-refractivity contribution is 7.89. The largest absolute Gasteiger partial charge is 0.292 e. The molecule has 0 aromatic heterocycles. The summed E-state index contributed by atoms with van der Waals surface area (Å²) in [5, 5.41) is 5.11. The van der Waals surface area contributed by atoms with Crippen LogP contribution in [-0.4, -0.2) is 14.6 Å². The molecule has 14 heavy (non-hydrogen) atoms. The zero-order valence-corrected chi connectivity index (χ0v) is 8.29. The molecule has 1 aliphatic rings. The molecular weight excluding hydrogens is 200 g/mol. The number of rotatable bonds is 1. The zero-order valence-electron chi connectivity index (χ0n) is 7.47. The van der Waals surface area contributed by atoms with Gasteiger partial charge in [0.1, 0.15) is 0 Å². The molecule has 0 radical (unpaired) electrons. The monoisotopic (exact) mass is 210 g/mol. The molecule has 0 bridgehead atoms. The summed E-state index contributed by atoms with van der Waals surface area (Å²) in [6, 6.07) is 5.10. The number of benzene rings is 1. The van der Waals surface area contributed by atoms with Crippen LogP contribution < -0.4 is 5.14 Å². The molecule has 1 aromatic carbocycles. The highest BCUT2D eigenvalue weighted by Gasteiger charge is 2.17. The van der Waals surface area contributed by atoms with Crippen LogP contribution in [0.1, 0.15) is 11.1 Å². The van der Waals surface area contributed by atoms with E-state index in [0.29, 0.717) is 13.0 Å². The van der Waals surface area contributed by atoms with Gasteiger partial charge in [-0.3, -0.25) is 4.99 Å². The van der Waals surface area contributed by atoms with Gasteiger partial charge in [0.15, 0.2) is 0 Å². The Kier molecular flexibility index (Phi) is 2.13. The van der Waals surface area contributed by atoms with Gasteiger partial charge in [-0.25, -0.2) is 13.6 Å². The predicted octanol–water partition coefficient (Wildman–Crippen LogP) is 0.461. The van der Waals surface area contributed by atoms with E-state index in [9.17, 15) is 8.42 Å². The van der Waals surface area contributed by atoms with E-state index in [1.54, 1.807) is 12.3 Å². The highest BCUT2D eigenvalue weighted by Crippen LogP contribution is 2.21. The number of nitrogens with zero attached hydrogens (tertiary/aromatic N) is 1. The van der Waals surface area contributed by atoms with E-state index in [1.807, 2.05) is 6.07 Å². The van der Waals surface area contributed by atoms with Crippen molar-refractivity contribution < 1.29 is 8.42 Å². The van der Waals surface area contributed by atoms with Gasteiger partial charge < -0.3 is 0 Å². The van der Waals surface area contributed by atoms with E-state index >= 15 is 0 Å². The molecule has 1 heterocycles. The Labute approximate surface area is 82.5 Å². The molecule has 0 spiro atoms. The number of hydrogen-bond donors (Lipinski definition) is 1. The Morgan fingerprint density at radius 1 is 1.36 bits per heavy atom. The number of fused-ring (bicyclic) bond motifs is 1. The molecule has 0 unspecified atom stereocenters. The van der Waals surface area contributed by atoms with Crippen LogP contribution in [0.2, 0.25) is 0 Å². The van der Waals surface area contributed by atoms with Crippen molar-refractivity contribution >= 4 is 16.2 Å². The van der Waals surface area contributed by atoms with E-state index in [-0.39, 0.29) is 4.90 Å². The van der Waals surface area contributed by atoms with Crippen LogP contribution in [-0.2, 0) is 23.0 Å². The van der Waals surface area contributed by atoms with Gasteiger partial charge in [0, 0.05) is 12.6 Å². The SMILES string of the molecule is NS(=O)(=O)c1cccc2c1CC=NC2. The third kappa shape index (κ3) is 1.56. The number of primary sulfonamides is 1. The molecule has 0 fully saturated rings. The Hall–Kier alpha value is -1.20. The van der Waals surface area contributed by atoms with Crippen molar-refractivity contribution in [1.82, 2.24) is 0 Å². The van der Waals surface area contributed by atoms with Gasteiger partial charge in [0.05, 0.1) is 11.4 Å². The molecule has 5 heteroatoms. The third-order valence-electron chi connectivity index (χ3n) is 2.22. The average Bonchev–Trinajstić information content (AvgIpc) is 2.15. The van der Waals surface area contributed by atoms with Crippen molar-refractivity contribution in [1.29, 1.82) is 0 Å². The Morgan fingerprint density at radius 2 is 2.14 bits per heavy atom. The minimum absolute atomic E-state index is 0.223. The maximum absolute atomic E-state index is 11.2. The lowest BCUT2D eigenvalue weighted by atomic mass is 10.0. The zero-order chi connectivity index (χ0) is 10.2. The quantitative estimate of drug-likeness (QED) is 0.731. The van der Waals surface area contributed by atoms with Crippen LogP contribution in [0.4, 0.5) is 0 Å². The van der Waals surface area contributed by atoms with Gasteiger partial charge in [-0.2, -0.15) is 0 Å². The van der Waals surface area contributed by atoms with E-state index in [4.69, 9.17) is 5.14 Å². The first-order valence-corrected chi connectivity index (χ1v) is 5.75. The van der Waals surface area contributed by atoms with E-state index in [0.717, 1.165) is 11.1 Å². The van der Waals surface area contributed by atoms with Crippen LogP contribution in [0.5, 0.6) is 0 Å². The second-order valence-corrected chi connectivity index (χ2v) is 4.70. The van der Waals surface area contributed by atoms with Crippen LogP contribution in [0.25, 0.3) is 0 Å². The van der Waals surface area contributed by atoms with Gasteiger partial charge in [0.25, 0.3) is 0 Å². The van der Waals surface area contributed by atoms with Crippen molar-refractivity contribution in [3.8, 4) is 0 Å². The summed E-state index contributed by atoms with van der Waals surface area (Å²) in [7, 11) is -3.61. The van der Waals surface area contributed by atoms with Crippen molar-refractivity contribution in [2.45, 2.75) is 17.9 Å². The smallest absolute Gasteiger partial charge is 0.238 e. The highest BCUT2D eigenvalue weighted by atomic mass is 32.2. The minimum Gasteiger partial charge on any atom is -0.292 e. The lowest BCUT2D eigenvalue weighted by molar-refractivity contribution is 0.596. The third-order valence-corrected chi connectivity index (χ3v) is 3.22. The molecule has 74 valence electrons. The Bertz CT molecular complexity index is 492. The van der Waals surface area contributed by atoms with Gasteiger partial charge in [0.2, 0.25) is 10.0 Å². The van der Waals surface area contributed by atoms with Crippen LogP contribution in [0.3, 0.4) is 0 Å². The van der Waals surface area contributed by atoms with Gasteiger partial charge in [-0.15, -0.1) is 0 Å². The van der Waals surface area contributed by atoms with E-state index < -0.39 is 10.0 Å². The molecule has 0 saturated heterocycles. The molecule has 0 aliphatic carbocycles. The molecule has 1 aromatic rings. The molecule has 1 aliphatic heterocycles. The van der Waals surface area contributed by atoms with Crippen molar-refractivity contribution in [3.63, 3.8) is 0 Å². The first-order valence-electron chi connectivity index (χ1n) is 4.21. The van der Waals surface area contributed by atoms with Crippen molar-refractivity contribution in [3.05, 3.63) is 29.3 Å². The first-order chi connectivity index (χ1) is 6.59. The second kappa shape index (κ2) is 3.18. The van der Waals surface area contributed by atoms with Gasteiger partial charge in [-0.1, -0.05) is 12.1 Å². The van der Waals surface area contributed by atoms with Crippen LogP contribution >= 0.6 is 0 Å². The fraction of sp³-hybridized carbons (Fsp3) is 0.222. The lowest BCUT2D eigenvalue weighted by Crippen LogP contribution is -2.17. The minimum atomic E-state index is -3.61. The standard InChI is InChI=1S/C9H10N2O2S/c10-14(12,13)9-3-1-2-7-6-11-5-4-8(7)9/h1-3,5H,4,6H2,(H2,10,12,13). The number of hydrogen-bond acceptors (Lipinski definition) is 3. The first kappa shape index (κ1) is 9.36. The second-order valence-electron chi connectivity index (χ2n) is 3.17. The summed E-state index contributed by atoms with van der Waals surface area (Å²) in [6.07, 6.45) is 2.26. The topological polar surface area (TPSA) is 72.5 Å². The molecular formula is C9H10N2O2S. The summed E-state index contributed by atoms with van der Waals surface area (Å²) in [6.45, 7) is 0.540. The van der Waals surface area contributed by atoms with Crippen LogP contribution in [0, 0.1) is 0 Å². The van der Waals surface area contributed by atoms with Crippen LogP contribution in [0.15, 0.2) is 28.1 Å². The average molecular weight is 210 g/mol. The molecule has 4 nitrogen and oxygen atoms in total. The van der Waals surface area contributed by atoms with Crippen molar-refractivity contribution in [2.75, 3.05) is 0 Å². The predicted molar refractivity (Wildman–Crippen MR) is 53.7 cm³/mol. The van der Waals surface area contributed by atoms with E-state index in [2.05, 4.69) is 4.99 Å². The lowest BCUT2D eigenvalue weighted by Gasteiger charge is -2.13. The molecule has 2 N–H and O–H groups in total. The molecule has 0 amide bonds. The number of aliphatic imine (C=N–C) groups is 1. The molecule has 0 saturated carbocycles. The van der Waals surface area contributed by atoms with Gasteiger partial charge in [-0.05, 0) is 17.2 Å². The fourth-order valence-electron chi connectivity index (χ4n) is 1.58. The Balaban J connectivity index is 2.65. The molecule has 0 atom stereocenters. The maximum Gasteiger partial charge on any atom is 0.238 e. The normalized spacial score (nSPS) is 15.2.